The van der Waals surface area contributed by atoms with Crippen LogP contribution in [-0.2, 0) is 9.59 Å². The van der Waals surface area contributed by atoms with Crippen LogP contribution in [0.4, 0.5) is 0 Å². The van der Waals surface area contributed by atoms with E-state index in [1.807, 2.05) is 12.2 Å². The Bertz CT molecular complexity index is 460. The summed E-state index contributed by atoms with van der Waals surface area (Å²) >= 11 is 0. The zero-order valence-electron chi connectivity index (χ0n) is 16.8. The number of aliphatic carboxylic acids is 1. The van der Waals surface area contributed by atoms with Crippen molar-refractivity contribution in [2.45, 2.75) is 103 Å². The molecule has 0 radical (unpaired) electrons. The average Bonchev–Trinajstić information content (AvgIpc) is 2.88. The van der Waals surface area contributed by atoms with Crippen molar-refractivity contribution in [3.05, 3.63) is 12.2 Å². The van der Waals surface area contributed by atoms with Crippen LogP contribution in [0.2, 0.25) is 0 Å². The molecule has 0 bridgehead atoms. The molecule has 1 saturated carbocycles. The summed E-state index contributed by atoms with van der Waals surface area (Å²) < 4.78 is 0. The molecule has 0 aromatic rings. The molecule has 0 aromatic heterocycles. The number of aliphatic hydroxyl groups is 2. The Morgan fingerprint density at radius 1 is 0.889 bits per heavy atom. The summed E-state index contributed by atoms with van der Waals surface area (Å²) in [7, 11) is 0. The molecule has 156 valence electrons. The van der Waals surface area contributed by atoms with Crippen LogP contribution in [0.1, 0.15) is 90.4 Å². The zero-order chi connectivity index (χ0) is 20.1. The molecule has 0 amide bonds. The first kappa shape index (κ1) is 23.8. The van der Waals surface area contributed by atoms with Gasteiger partial charge in [0.2, 0.25) is 0 Å². The van der Waals surface area contributed by atoms with Crippen LogP contribution in [0.5, 0.6) is 0 Å². The maximum absolute atomic E-state index is 12.1. The Morgan fingerprint density at radius 3 is 2.30 bits per heavy atom. The molecule has 0 aromatic carbocycles. The molecule has 1 aliphatic rings. The predicted octanol–water partition coefficient (Wildman–Crippen LogP) is 4.26. The largest absolute Gasteiger partial charge is 0.481 e. The lowest BCUT2D eigenvalue weighted by Crippen LogP contribution is -2.22. The molecule has 4 atom stereocenters. The van der Waals surface area contributed by atoms with Gasteiger partial charge in [-0.15, -0.1) is 0 Å². The van der Waals surface area contributed by atoms with Crippen molar-refractivity contribution in [2.75, 3.05) is 0 Å². The van der Waals surface area contributed by atoms with Gasteiger partial charge in [-0.05, 0) is 50.4 Å². The second-order valence-corrected chi connectivity index (χ2v) is 7.93. The fraction of sp³-hybridized carbons (Fsp3) is 0.818. The van der Waals surface area contributed by atoms with Crippen molar-refractivity contribution >= 4 is 11.8 Å². The van der Waals surface area contributed by atoms with Crippen LogP contribution in [0.25, 0.3) is 0 Å². The van der Waals surface area contributed by atoms with Gasteiger partial charge in [0.05, 0.1) is 12.2 Å². The molecule has 0 heterocycles. The molecule has 1 unspecified atom stereocenters. The number of hydrogen-bond acceptors (Lipinski definition) is 4. The topological polar surface area (TPSA) is 94.8 Å². The summed E-state index contributed by atoms with van der Waals surface area (Å²) in [5.74, 6) is -0.573. The minimum absolute atomic E-state index is 0.0203. The van der Waals surface area contributed by atoms with E-state index < -0.39 is 18.2 Å². The zero-order valence-corrected chi connectivity index (χ0v) is 16.8. The van der Waals surface area contributed by atoms with Crippen LogP contribution >= 0.6 is 0 Å². The molecule has 0 spiro atoms. The van der Waals surface area contributed by atoms with Crippen molar-refractivity contribution in [2.24, 2.45) is 11.8 Å². The molecule has 1 rings (SSSR count). The lowest BCUT2D eigenvalue weighted by molar-refractivity contribution is -0.137. The Labute approximate surface area is 163 Å². The van der Waals surface area contributed by atoms with Crippen LogP contribution < -0.4 is 0 Å². The molecule has 3 N–H and O–H groups in total. The fourth-order valence-electron chi connectivity index (χ4n) is 4.03. The van der Waals surface area contributed by atoms with E-state index in [4.69, 9.17) is 5.11 Å². The highest BCUT2D eigenvalue weighted by Crippen LogP contribution is 2.38. The second-order valence-electron chi connectivity index (χ2n) is 7.93. The van der Waals surface area contributed by atoms with E-state index >= 15 is 0 Å². The van der Waals surface area contributed by atoms with Crippen LogP contribution in [-0.4, -0.2) is 39.3 Å². The highest BCUT2D eigenvalue weighted by molar-refractivity contribution is 5.78. The van der Waals surface area contributed by atoms with E-state index in [0.717, 1.165) is 12.8 Å². The first-order valence-corrected chi connectivity index (χ1v) is 10.7. The van der Waals surface area contributed by atoms with Crippen molar-refractivity contribution in [1.29, 1.82) is 0 Å². The highest BCUT2D eigenvalue weighted by atomic mass is 16.4. The van der Waals surface area contributed by atoms with Crippen molar-refractivity contribution in [1.82, 2.24) is 0 Å². The van der Waals surface area contributed by atoms with Gasteiger partial charge in [-0.25, -0.2) is 0 Å². The standard InChI is InChI=1S/C22H38O5/c1-2-3-4-5-8-11-17(23)14-15-19-18(20(24)16-21(19)25)12-9-6-7-10-13-22(26)27/h6,9,18-21,24-25H,2-5,7-8,10-16H2,1H3,(H,26,27)/b9-6-/t18?,19-,20+,21-/m1/s1. The number of carboxylic acid groups (broad SMARTS) is 1. The van der Waals surface area contributed by atoms with E-state index in [1.54, 1.807) is 0 Å². The van der Waals surface area contributed by atoms with Crippen LogP contribution in [0.3, 0.4) is 0 Å². The molecule has 0 aliphatic heterocycles. The van der Waals surface area contributed by atoms with Gasteiger partial charge in [0.25, 0.3) is 0 Å². The van der Waals surface area contributed by atoms with Gasteiger partial charge in [0, 0.05) is 19.3 Å². The lowest BCUT2D eigenvalue weighted by Gasteiger charge is -2.22. The summed E-state index contributed by atoms with van der Waals surface area (Å²) in [4.78, 5) is 22.6. The van der Waals surface area contributed by atoms with Crippen molar-refractivity contribution in [3.63, 3.8) is 0 Å². The molecule has 1 fully saturated rings. The van der Waals surface area contributed by atoms with Gasteiger partial charge in [0.1, 0.15) is 5.78 Å². The first-order chi connectivity index (χ1) is 13.0. The van der Waals surface area contributed by atoms with Gasteiger partial charge >= 0.3 is 5.97 Å². The van der Waals surface area contributed by atoms with E-state index in [1.165, 1.54) is 19.3 Å². The number of carboxylic acids is 1. The maximum atomic E-state index is 12.1. The number of unbranched alkanes of at least 4 members (excludes halogenated alkanes) is 5. The quantitative estimate of drug-likeness (QED) is 0.291. The van der Waals surface area contributed by atoms with E-state index in [-0.39, 0.29) is 24.0 Å². The van der Waals surface area contributed by atoms with Gasteiger partial charge in [-0.2, -0.15) is 0 Å². The third kappa shape index (κ3) is 10.1. The molecule has 1 aliphatic carbocycles. The monoisotopic (exact) mass is 382 g/mol. The summed E-state index contributed by atoms with van der Waals surface area (Å²) in [6.45, 7) is 2.17. The van der Waals surface area contributed by atoms with Crippen LogP contribution in [0.15, 0.2) is 12.2 Å². The molecular formula is C22H38O5. The number of hydrogen-bond donors (Lipinski definition) is 3. The first-order valence-electron chi connectivity index (χ1n) is 10.7. The number of allylic oxidation sites excluding steroid dienone is 2. The molecular weight excluding hydrogens is 344 g/mol. The SMILES string of the molecule is CCCCCCCC(=O)CC[C@@H]1C(C/C=C\CCCC(=O)O)[C@@H](O)C[C@H]1O. The fourth-order valence-corrected chi connectivity index (χ4v) is 4.03. The number of carbonyl (C=O) groups is 2. The molecule has 5 nitrogen and oxygen atoms in total. The Balaban J connectivity index is 2.32. The Hall–Kier alpha value is -1.20. The summed E-state index contributed by atoms with van der Waals surface area (Å²) in [6.07, 6.45) is 12.8. The summed E-state index contributed by atoms with van der Waals surface area (Å²) in [5.41, 5.74) is 0. The molecule has 27 heavy (non-hydrogen) atoms. The van der Waals surface area contributed by atoms with Gasteiger partial charge in [-0.1, -0.05) is 44.8 Å². The third-order valence-electron chi connectivity index (χ3n) is 5.67. The predicted molar refractivity (Wildman–Crippen MR) is 106 cm³/mol. The van der Waals surface area contributed by atoms with E-state index in [2.05, 4.69) is 6.92 Å². The lowest BCUT2D eigenvalue weighted by atomic mass is 9.86. The number of rotatable bonds is 15. The maximum Gasteiger partial charge on any atom is 0.303 e. The average molecular weight is 383 g/mol. The van der Waals surface area contributed by atoms with E-state index in [9.17, 15) is 19.8 Å². The third-order valence-corrected chi connectivity index (χ3v) is 5.67. The number of aliphatic hydroxyl groups excluding tert-OH is 2. The second kappa shape index (κ2) is 13.9. The number of ketones is 1. The Morgan fingerprint density at radius 2 is 1.59 bits per heavy atom. The van der Waals surface area contributed by atoms with Gasteiger partial charge in [0.15, 0.2) is 0 Å². The number of carbonyl (C=O) groups excluding carboxylic acids is 1. The highest BCUT2D eigenvalue weighted by Gasteiger charge is 2.40. The Kier molecular flexibility index (Phi) is 12.3. The minimum Gasteiger partial charge on any atom is -0.481 e. The van der Waals surface area contributed by atoms with E-state index in [0.29, 0.717) is 44.9 Å². The summed E-state index contributed by atoms with van der Waals surface area (Å²) in [6, 6.07) is 0. The summed E-state index contributed by atoms with van der Waals surface area (Å²) in [5, 5.41) is 29.1. The van der Waals surface area contributed by atoms with Crippen molar-refractivity contribution < 1.29 is 24.9 Å². The molecule has 5 heteroatoms. The minimum atomic E-state index is -0.784. The normalized spacial score (nSPS) is 25.3. The van der Waals surface area contributed by atoms with Crippen molar-refractivity contribution in [3.8, 4) is 0 Å². The van der Waals surface area contributed by atoms with Crippen LogP contribution in [0, 0.1) is 11.8 Å². The smallest absolute Gasteiger partial charge is 0.303 e. The van der Waals surface area contributed by atoms with Gasteiger partial charge < -0.3 is 15.3 Å². The molecule has 0 saturated heterocycles. The number of Topliss-reactive ketones (excluding diaryl/α,β-unsaturated/α-hetero) is 1. The van der Waals surface area contributed by atoms with Gasteiger partial charge in [-0.3, -0.25) is 9.59 Å².